The zero-order chi connectivity index (χ0) is 10.6. The first kappa shape index (κ1) is 11.1. The van der Waals surface area contributed by atoms with Crippen molar-refractivity contribution in [2.45, 2.75) is 5.02 Å². The van der Waals surface area contributed by atoms with Crippen LogP contribution in [0.2, 0.25) is 0 Å². The predicted octanol–water partition coefficient (Wildman–Crippen LogP) is 2.61. The Labute approximate surface area is 91.5 Å². The molecule has 0 saturated heterocycles. The minimum Gasteiger partial charge on any atom is -0.465 e. The second-order valence-electron chi connectivity index (χ2n) is 2.40. The number of alkyl halides is 2. The summed E-state index contributed by atoms with van der Waals surface area (Å²) in [4.78, 5) is 11.1. The fraction of sp³-hybridized carbons (Fsp3) is 0.222. The first-order valence-corrected chi connectivity index (χ1v) is 4.64. The fourth-order valence-corrected chi connectivity index (χ4v) is 1.12. The van der Waals surface area contributed by atoms with Gasteiger partial charge >= 0.3 is 5.97 Å². The number of rotatable bonds is 3. The average molecular weight is 235 g/mol. The fourth-order valence-electron chi connectivity index (χ4n) is 0.917. The van der Waals surface area contributed by atoms with Crippen molar-refractivity contribution in [3.8, 4) is 5.75 Å². The summed E-state index contributed by atoms with van der Waals surface area (Å²) in [6.07, 6.45) is 0. The van der Waals surface area contributed by atoms with Crippen LogP contribution in [0.3, 0.4) is 0 Å². The number of halogens is 2. The minimum atomic E-state index is -0.956. The first-order chi connectivity index (χ1) is 6.63. The number of benzene rings is 1. The molecule has 1 aromatic carbocycles. The van der Waals surface area contributed by atoms with Crippen LogP contribution in [-0.2, 0) is 4.74 Å². The lowest BCUT2D eigenvalue weighted by Gasteiger charge is -2.06. The van der Waals surface area contributed by atoms with Crippen LogP contribution < -0.4 is 4.74 Å². The molecule has 0 bridgehead atoms. The van der Waals surface area contributed by atoms with Crippen molar-refractivity contribution < 1.29 is 14.3 Å². The molecule has 14 heavy (non-hydrogen) atoms. The molecular formula is C9H8Cl2O3. The van der Waals surface area contributed by atoms with Gasteiger partial charge in [-0.2, -0.15) is 0 Å². The summed E-state index contributed by atoms with van der Waals surface area (Å²) in [5.74, 6) is -0.0148. The third kappa shape index (κ3) is 3.09. The average Bonchev–Trinajstić information content (AvgIpc) is 2.16. The number of esters is 1. The van der Waals surface area contributed by atoms with Crippen molar-refractivity contribution in [3.05, 3.63) is 29.8 Å². The summed E-state index contributed by atoms with van der Waals surface area (Å²) in [7, 11) is 1.31. The molecule has 0 amide bonds. The van der Waals surface area contributed by atoms with E-state index in [-0.39, 0.29) is 0 Å². The molecule has 0 aliphatic carbocycles. The van der Waals surface area contributed by atoms with E-state index in [9.17, 15) is 4.79 Å². The van der Waals surface area contributed by atoms with Crippen LogP contribution in [0.4, 0.5) is 0 Å². The molecular weight excluding hydrogens is 227 g/mol. The maximum atomic E-state index is 11.1. The van der Waals surface area contributed by atoms with Gasteiger partial charge in [0.25, 0.3) is 0 Å². The van der Waals surface area contributed by atoms with Crippen molar-refractivity contribution in [1.82, 2.24) is 0 Å². The molecule has 76 valence electrons. The van der Waals surface area contributed by atoms with Gasteiger partial charge in [-0.1, -0.05) is 29.3 Å². The maximum Gasteiger partial charge on any atom is 0.337 e. The van der Waals surface area contributed by atoms with E-state index in [2.05, 4.69) is 4.74 Å². The highest BCUT2D eigenvalue weighted by Gasteiger charge is 2.07. The lowest BCUT2D eigenvalue weighted by molar-refractivity contribution is 0.0600. The lowest BCUT2D eigenvalue weighted by atomic mass is 10.2. The zero-order valence-corrected chi connectivity index (χ0v) is 8.88. The number of carbonyl (C=O) groups excluding carboxylic acids is 1. The summed E-state index contributed by atoms with van der Waals surface area (Å²) in [6.45, 7) is 0. The van der Waals surface area contributed by atoms with Crippen LogP contribution in [0, 0.1) is 0 Å². The third-order valence-corrected chi connectivity index (χ3v) is 1.66. The molecule has 1 rings (SSSR count). The Morgan fingerprint density at radius 3 is 2.71 bits per heavy atom. The normalized spacial score (nSPS) is 10.0. The second-order valence-corrected chi connectivity index (χ2v) is 3.41. The molecule has 1 aromatic rings. The molecule has 0 aliphatic rings. The van der Waals surface area contributed by atoms with Crippen LogP contribution in [0.5, 0.6) is 5.75 Å². The maximum absolute atomic E-state index is 11.1. The van der Waals surface area contributed by atoms with Crippen LogP contribution in [0.25, 0.3) is 0 Å². The van der Waals surface area contributed by atoms with Gasteiger partial charge in [0.05, 0.1) is 12.7 Å². The molecule has 0 N–H and O–H groups in total. The van der Waals surface area contributed by atoms with E-state index in [4.69, 9.17) is 27.9 Å². The van der Waals surface area contributed by atoms with Crippen molar-refractivity contribution in [2.75, 3.05) is 7.11 Å². The van der Waals surface area contributed by atoms with E-state index in [0.29, 0.717) is 11.3 Å². The number of hydrogen-bond donors (Lipinski definition) is 0. The van der Waals surface area contributed by atoms with Crippen LogP contribution >= 0.6 is 23.2 Å². The van der Waals surface area contributed by atoms with Gasteiger partial charge in [-0.05, 0) is 18.2 Å². The Kier molecular flexibility index (Phi) is 4.04. The standard InChI is InChI=1S/C9H8Cl2O3/c1-13-8(12)6-3-2-4-7(5-6)14-9(10)11/h2-5,9H,1H3. The molecule has 0 spiro atoms. The van der Waals surface area contributed by atoms with Crippen molar-refractivity contribution in [3.63, 3.8) is 0 Å². The zero-order valence-electron chi connectivity index (χ0n) is 7.37. The van der Waals surface area contributed by atoms with Gasteiger partial charge in [0, 0.05) is 0 Å². The molecule has 0 fully saturated rings. The Bertz CT molecular complexity index is 326. The van der Waals surface area contributed by atoms with Crippen molar-refractivity contribution in [2.24, 2.45) is 0 Å². The summed E-state index contributed by atoms with van der Waals surface area (Å²) in [6, 6.07) is 6.40. The number of ether oxygens (including phenoxy) is 2. The number of hydrogen-bond acceptors (Lipinski definition) is 3. The van der Waals surface area contributed by atoms with Crippen molar-refractivity contribution in [1.29, 1.82) is 0 Å². The van der Waals surface area contributed by atoms with E-state index in [1.807, 2.05) is 0 Å². The van der Waals surface area contributed by atoms with Crippen LogP contribution in [0.1, 0.15) is 10.4 Å². The van der Waals surface area contributed by atoms with Gasteiger partial charge < -0.3 is 9.47 Å². The van der Waals surface area contributed by atoms with E-state index in [1.54, 1.807) is 18.2 Å². The second kappa shape index (κ2) is 5.08. The highest BCUT2D eigenvalue weighted by molar-refractivity contribution is 6.43. The highest BCUT2D eigenvalue weighted by Crippen LogP contribution is 2.17. The van der Waals surface area contributed by atoms with E-state index in [1.165, 1.54) is 13.2 Å². The van der Waals surface area contributed by atoms with Crippen LogP contribution in [-0.4, -0.2) is 18.1 Å². The smallest absolute Gasteiger partial charge is 0.337 e. The predicted molar refractivity (Wildman–Crippen MR) is 53.9 cm³/mol. The van der Waals surface area contributed by atoms with Gasteiger partial charge in [-0.25, -0.2) is 4.79 Å². The molecule has 0 saturated carbocycles. The highest BCUT2D eigenvalue weighted by atomic mass is 35.5. The van der Waals surface area contributed by atoms with E-state index < -0.39 is 11.0 Å². The van der Waals surface area contributed by atoms with Gasteiger partial charge in [-0.15, -0.1) is 0 Å². The minimum absolute atomic E-state index is 0.388. The molecule has 0 radical (unpaired) electrons. The van der Waals surface area contributed by atoms with E-state index in [0.717, 1.165) is 0 Å². The summed E-state index contributed by atoms with van der Waals surface area (Å²) in [5, 5.41) is -0.956. The molecule has 3 nitrogen and oxygen atoms in total. The number of methoxy groups -OCH3 is 1. The molecule has 0 heterocycles. The Morgan fingerprint density at radius 2 is 2.14 bits per heavy atom. The topological polar surface area (TPSA) is 35.5 Å². The lowest BCUT2D eigenvalue weighted by Crippen LogP contribution is -2.03. The molecule has 0 aliphatic heterocycles. The summed E-state index contributed by atoms with van der Waals surface area (Å²) >= 11 is 10.8. The number of carbonyl (C=O) groups is 1. The molecule has 5 heteroatoms. The summed E-state index contributed by atoms with van der Waals surface area (Å²) in [5.41, 5.74) is 0.388. The monoisotopic (exact) mass is 234 g/mol. The van der Waals surface area contributed by atoms with Crippen molar-refractivity contribution >= 4 is 29.2 Å². The van der Waals surface area contributed by atoms with Gasteiger partial charge in [-0.3, -0.25) is 0 Å². The Morgan fingerprint density at radius 1 is 1.43 bits per heavy atom. The molecule has 0 atom stereocenters. The Balaban J connectivity index is 2.84. The first-order valence-electron chi connectivity index (χ1n) is 3.76. The van der Waals surface area contributed by atoms with Gasteiger partial charge in [0.15, 0.2) is 0 Å². The van der Waals surface area contributed by atoms with Gasteiger partial charge in [0.2, 0.25) is 5.02 Å². The SMILES string of the molecule is COC(=O)c1cccc(OC(Cl)Cl)c1. The third-order valence-electron chi connectivity index (χ3n) is 1.48. The van der Waals surface area contributed by atoms with Crippen LogP contribution in [0.15, 0.2) is 24.3 Å². The van der Waals surface area contributed by atoms with E-state index >= 15 is 0 Å². The quantitative estimate of drug-likeness (QED) is 0.596. The van der Waals surface area contributed by atoms with Gasteiger partial charge in [0.1, 0.15) is 5.75 Å². The molecule has 0 aromatic heterocycles. The largest absolute Gasteiger partial charge is 0.465 e. The summed E-state index contributed by atoms with van der Waals surface area (Å²) < 4.78 is 9.51. The molecule has 0 unspecified atom stereocenters. The Hall–Kier alpha value is -0.930.